The molecule has 38 heavy (non-hydrogen) atoms. The second-order valence-corrected chi connectivity index (χ2v) is 12.5. The van der Waals surface area contributed by atoms with Crippen molar-refractivity contribution < 1.29 is 22.3 Å². The van der Waals surface area contributed by atoms with Gasteiger partial charge in [-0.25, -0.2) is 12.8 Å². The maximum absolute atomic E-state index is 15.1. The number of pyridine rings is 1. The molecule has 0 saturated carbocycles. The number of benzene rings is 2. The minimum absolute atomic E-state index is 0.00112. The van der Waals surface area contributed by atoms with Gasteiger partial charge in [0.05, 0.1) is 0 Å². The molecule has 0 fully saturated rings. The lowest BCUT2D eigenvalue weighted by atomic mass is 9.99. The number of aryl methyl sites for hydroxylation is 1. The van der Waals surface area contributed by atoms with Gasteiger partial charge in [0.25, 0.3) is 5.56 Å². The minimum atomic E-state index is -3.67. The number of ether oxygens (including phenoxy) is 1. The maximum Gasteiger partial charge on any atom is 0.258 e. The van der Waals surface area contributed by atoms with Crippen molar-refractivity contribution in [1.29, 1.82) is 0 Å². The Kier molecular flexibility index (Phi) is 9.62. The maximum atomic E-state index is 15.1. The monoisotopic (exact) mass is 544 g/mol. The van der Waals surface area contributed by atoms with Crippen molar-refractivity contribution in [3.8, 4) is 11.1 Å². The molecule has 0 aliphatic rings. The van der Waals surface area contributed by atoms with Crippen molar-refractivity contribution in [2.75, 3.05) is 33.6 Å². The Morgan fingerprint density at radius 3 is 2.53 bits per heavy atom. The fraction of sp³-hybridized carbons (Fsp3) is 0.448. The van der Waals surface area contributed by atoms with Crippen LogP contribution in [0.4, 0.5) is 4.39 Å². The number of Topliss-reactive ketones (excluding diaryl/α,β-unsaturated/α-hetero) is 1. The number of halogens is 1. The highest BCUT2D eigenvalue weighted by molar-refractivity contribution is 7.92. The van der Waals surface area contributed by atoms with Crippen LogP contribution < -0.4 is 5.56 Å². The predicted octanol–water partition coefficient (Wildman–Crippen LogP) is 4.45. The van der Waals surface area contributed by atoms with Crippen LogP contribution in [0.1, 0.15) is 38.7 Å². The summed E-state index contributed by atoms with van der Waals surface area (Å²) in [4.78, 5) is 27.7. The molecule has 0 saturated heterocycles. The molecule has 7 nitrogen and oxygen atoms in total. The zero-order chi connectivity index (χ0) is 28.1. The number of fused-ring (bicyclic) bond motifs is 1. The molecule has 2 aromatic carbocycles. The fourth-order valence-corrected chi connectivity index (χ4v) is 5.65. The molecule has 1 heterocycles. The average molecular weight is 545 g/mol. The quantitative estimate of drug-likeness (QED) is 0.296. The van der Waals surface area contributed by atoms with E-state index in [1.54, 1.807) is 56.6 Å². The van der Waals surface area contributed by atoms with Crippen molar-refractivity contribution in [2.45, 2.75) is 50.9 Å². The van der Waals surface area contributed by atoms with Crippen molar-refractivity contribution in [3.05, 3.63) is 70.4 Å². The third kappa shape index (κ3) is 6.57. The van der Waals surface area contributed by atoms with Crippen molar-refractivity contribution in [3.63, 3.8) is 0 Å². The Labute approximate surface area is 224 Å². The number of methoxy groups -OCH3 is 1. The van der Waals surface area contributed by atoms with E-state index in [4.69, 9.17) is 4.74 Å². The largest absolute Gasteiger partial charge is 0.385 e. The first-order chi connectivity index (χ1) is 17.9. The molecule has 0 amide bonds. The summed E-state index contributed by atoms with van der Waals surface area (Å²) >= 11 is 0. The van der Waals surface area contributed by atoms with Gasteiger partial charge in [0, 0.05) is 63.2 Å². The normalized spacial score (nSPS) is 13.7. The summed E-state index contributed by atoms with van der Waals surface area (Å²) in [5.74, 6) is -0.703. The molecule has 0 aliphatic carbocycles. The van der Waals surface area contributed by atoms with E-state index in [-0.39, 0.29) is 36.5 Å². The van der Waals surface area contributed by atoms with Gasteiger partial charge < -0.3 is 14.2 Å². The molecule has 0 N–H and O–H groups in total. The summed E-state index contributed by atoms with van der Waals surface area (Å²) in [6.07, 6.45) is 3.65. The number of carbonyl (C=O) groups excluding carboxylic acids is 1. The van der Waals surface area contributed by atoms with Crippen LogP contribution >= 0.6 is 0 Å². The first kappa shape index (κ1) is 29.7. The Balaban J connectivity index is 1.82. The van der Waals surface area contributed by atoms with Gasteiger partial charge in [-0.1, -0.05) is 25.1 Å². The Hall–Kier alpha value is -2.88. The Morgan fingerprint density at radius 2 is 1.89 bits per heavy atom. The third-order valence-electron chi connectivity index (χ3n) is 7.22. The number of ketones is 1. The zero-order valence-corrected chi connectivity index (χ0v) is 23.6. The molecule has 1 atom stereocenters. The summed E-state index contributed by atoms with van der Waals surface area (Å²) in [5.41, 5.74) is 1.69. The topological polar surface area (TPSA) is 85.7 Å². The second kappa shape index (κ2) is 12.3. The molecule has 0 spiro atoms. The van der Waals surface area contributed by atoms with Gasteiger partial charge in [0.2, 0.25) is 0 Å². The van der Waals surface area contributed by atoms with Gasteiger partial charge in [-0.05, 0) is 67.6 Å². The lowest BCUT2D eigenvalue weighted by Gasteiger charge is -2.26. The van der Waals surface area contributed by atoms with Gasteiger partial charge in [0.1, 0.15) is 10.6 Å². The summed E-state index contributed by atoms with van der Waals surface area (Å²) in [6, 6.07) is 12.1. The summed E-state index contributed by atoms with van der Waals surface area (Å²) in [6.45, 7) is 5.30. The molecule has 3 rings (SSSR count). The molecule has 9 heteroatoms. The van der Waals surface area contributed by atoms with Gasteiger partial charge in [-0.3, -0.25) is 9.59 Å². The van der Waals surface area contributed by atoms with E-state index < -0.39 is 14.6 Å². The molecule has 1 aromatic heterocycles. The smallest absolute Gasteiger partial charge is 0.258 e. The molecular weight excluding hydrogens is 507 g/mol. The molecule has 3 aromatic rings. The fourth-order valence-electron chi connectivity index (χ4n) is 4.63. The van der Waals surface area contributed by atoms with E-state index in [0.717, 1.165) is 24.8 Å². The lowest BCUT2D eigenvalue weighted by Crippen LogP contribution is -2.44. The first-order valence-corrected chi connectivity index (χ1v) is 14.6. The van der Waals surface area contributed by atoms with E-state index in [0.29, 0.717) is 35.1 Å². The Bertz CT molecular complexity index is 1470. The van der Waals surface area contributed by atoms with Crippen LogP contribution in [0, 0.1) is 5.82 Å². The van der Waals surface area contributed by atoms with E-state index in [1.165, 1.54) is 11.5 Å². The van der Waals surface area contributed by atoms with Crippen LogP contribution in [0.25, 0.3) is 21.9 Å². The third-order valence-corrected chi connectivity index (χ3v) is 9.29. The van der Waals surface area contributed by atoms with Crippen LogP contribution in [-0.2, 0) is 32.5 Å². The van der Waals surface area contributed by atoms with Crippen molar-refractivity contribution in [2.24, 2.45) is 0 Å². The highest BCUT2D eigenvalue weighted by Gasteiger charge is 2.41. The molecule has 0 radical (unpaired) electrons. The number of hydrogen-bond acceptors (Lipinski definition) is 6. The van der Waals surface area contributed by atoms with Gasteiger partial charge >= 0.3 is 0 Å². The zero-order valence-electron chi connectivity index (χ0n) is 22.8. The van der Waals surface area contributed by atoms with Gasteiger partial charge in [-0.15, -0.1) is 0 Å². The van der Waals surface area contributed by atoms with Crippen LogP contribution in [-0.4, -0.2) is 62.0 Å². The standard InChI is InChI=1S/C29H37FN2O5S/c1-6-27(33)29(2,38(5,35)36)13-16-32-15-12-23-19-22(9-11-25(23)28(32)34)24-10-8-21(18-26(24)30)20-31(3)14-7-17-37-4/h8-12,15,18-19H,6-7,13-14,16-17,20H2,1-5H3/t29-/m1/s1. The summed E-state index contributed by atoms with van der Waals surface area (Å²) in [7, 11) is -0.00698. The molecular formula is C29H37FN2O5S. The summed E-state index contributed by atoms with van der Waals surface area (Å²) in [5, 5.41) is 1.09. The van der Waals surface area contributed by atoms with Crippen LogP contribution in [0.2, 0.25) is 0 Å². The second-order valence-electron chi connectivity index (χ2n) is 10.0. The number of aromatic nitrogens is 1. The van der Waals surface area contributed by atoms with Crippen LogP contribution in [0.15, 0.2) is 53.5 Å². The number of rotatable bonds is 13. The molecule has 0 aliphatic heterocycles. The van der Waals surface area contributed by atoms with E-state index in [9.17, 15) is 18.0 Å². The minimum Gasteiger partial charge on any atom is -0.385 e. The van der Waals surface area contributed by atoms with E-state index >= 15 is 4.39 Å². The van der Waals surface area contributed by atoms with E-state index in [1.807, 2.05) is 13.1 Å². The Morgan fingerprint density at radius 1 is 1.16 bits per heavy atom. The van der Waals surface area contributed by atoms with Crippen molar-refractivity contribution >= 4 is 26.4 Å². The highest BCUT2D eigenvalue weighted by Crippen LogP contribution is 2.28. The van der Waals surface area contributed by atoms with E-state index in [2.05, 4.69) is 4.90 Å². The average Bonchev–Trinajstić information content (AvgIpc) is 2.87. The number of sulfone groups is 1. The number of nitrogens with zero attached hydrogens (tertiary/aromatic N) is 2. The molecule has 0 unspecified atom stereocenters. The van der Waals surface area contributed by atoms with Crippen molar-refractivity contribution in [1.82, 2.24) is 9.47 Å². The van der Waals surface area contributed by atoms with Gasteiger partial charge in [0.15, 0.2) is 15.6 Å². The lowest BCUT2D eigenvalue weighted by molar-refractivity contribution is -0.121. The predicted molar refractivity (Wildman–Crippen MR) is 150 cm³/mol. The SMILES string of the molecule is CCC(=O)[C@@](C)(CCn1ccc2cc(-c3ccc(CN(C)CCCOC)cc3F)ccc2c1=O)S(C)(=O)=O. The first-order valence-electron chi connectivity index (χ1n) is 12.7. The molecule has 206 valence electrons. The van der Waals surface area contributed by atoms with Gasteiger partial charge in [-0.2, -0.15) is 0 Å². The number of hydrogen-bond donors (Lipinski definition) is 0. The van der Waals surface area contributed by atoms with Crippen LogP contribution in [0.3, 0.4) is 0 Å². The van der Waals surface area contributed by atoms with Crippen LogP contribution in [0.5, 0.6) is 0 Å². The summed E-state index contributed by atoms with van der Waals surface area (Å²) < 4.78 is 44.7. The number of carbonyl (C=O) groups is 1. The highest BCUT2D eigenvalue weighted by atomic mass is 32.2. The molecule has 0 bridgehead atoms.